The van der Waals surface area contributed by atoms with E-state index in [2.05, 4.69) is 20.8 Å². The normalized spacial score (nSPS) is 11.9. The summed E-state index contributed by atoms with van der Waals surface area (Å²) in [5.74, 6) is -3.50. The number of hydrogen-bond donors (Lipinski definition) is 6. The van der Waals surface area contributed by atoms with Crippen LogP contribution in [0.4, 0.5) is 0 Å². The first kappa shape index (κ1) is 31.5. The molecule has 1 atom stereocenters. The first-order chi connectivity index (χ1) is 10.4. The molecule has 0 rings (SSSR count). The first-order valence-electron chi connectivity index (χ1n) is 7.56. The number of rotatable bonds is 10. The van der Waals surface area contributed by atoms with Crippen molar-refractivity contribution < 1.29 is 37.9 Å². The van der Waals surface area contributed by atoms with Gasteiger partial charge in [-0.1, -0.05) is 40.0 Å². The Labute approximate surface area is 149 Å². The summed E-state index contributed by atoms with van der Waals surface area (Å²) in [7, 11) is -4.84. The smallest absolute Gasteiger partial charge is 0.325 e. The van der Waals surface area contributed by atoms with Crippen molar-refractivity contribution in [1.82, 2.24) is 12.3 Å². The van der Waals surface area contributed by atoms with Crippen LogP contribution in [0.15, 0.2) is 0 Å². The predicted molar refractivity (Wildman–Crippen MR) is 94.9 cm³/mol. The predicted octanol–water partition coefficient (Wildman–Crippen LogP) is 2.24. The molecule has 0 aromatic heterocycles. The van der Waals surface area contributed by atoms with E-state index in [0.717, 1.165) is 19.3 Å². The molecule has 0 saturated carbocycles. The number of carboxylic acids is 2. The van der Waals surface area contributed by atoms with Gasteiger partial charge >= 0.3 is 11.9 Å². The van der Waals surface area contributed by atoms with Crippen molar-refractivity contribution in [1.29, 1.82) is 0 Å². The summed E-state index contributed by atoms with van der Waals surface area (Å²) in [6.45, 7) is 6.32. The molecule has 0 aliphatic rings. The lowest BCUT2D eigenvalue weighted by Gasteiger charge is -2.24. The summed E-state index contributed by atoms with van der Waals surface area (Å²) in [4.78, 5) is 20.0. The van der Waals surface area contributed by atoms with Crippen molar-refractivity contribution in [3.05, 3.63) is 0 Å². The molecule has 0 spiro atoms. The Balaban J connectivity index is -0.000000164. The van der Waals surface area contributed by atoms with Gasteiger partial charge in [0.2, 0.25) is 0 Å². The maximum absolute atomic E-state index is 10.2. The van der Waals surface area contributed by atoms with Crippen LogP contribution in [0, 0.1) is 0 Å². The van der Waals surface area contributed by atoms with Crippen molar-refractivity contribution in [2.75, 3.05) is 0 Å². The second-order valence-corrected chi connectivity index (χ2v) is 6.93. The van der Waals surface area contributed by atoms with Crippen LogP contribution in [0.2, 0.25) is 0 Å². The highest BCUT2D eigenvalue weighted by Crippen LogP contribution is 2.22. The van der Waals surface area contributed by atoms with E-state index in [-0.39, 0.29) is 17.9 Å². The van der Waals surface area contributed by atoms with Crippen molar-refractivity contribution >= 4 is 22.1 Å². The second kappa shape index (κ2) is 15.0. The number of hydrogen-bond acceptors (Lipinski definition) is 7. The van der Waals surface area contributed by atoms with E-state index in [0.29, 0.717) is 0 Å². The van der Waals surface area contributed by atoms with Crippen molar-refractivity contribution in [3.63, 3.8) is 0 Å². The molecule has 0 fully saturated rings. The zero-order valence-corrected chi connectivity index (χ0v) is 16.1. The summed E-state index contributed by atoms with van der Waals surface area (Å²) >= 11 is 0. The van der Waals surface area contributed by atoms with Crippen LogP contribution in [0.25, 0.3) is 0 Å². The highest BCUT2D eigenvalue weighted by Gasteiger charge is 2.33. The van der Waals surface area contributed by atoms with E-state index in [1.165, 1.54) is 19.3 Å². The molecule has 0 saturated heterocycles. The minimum atomic E-state index is -4.84. The lowest BCUT2D eigenvalue weighted by atomic mass is 9.91. The van der Waals surface area contributed by atoms with E-state index in [1.54, 1.807) is 0 Å². The zero-order valence-electron chi connectivity index (χ0n) is 15.3. The van der Waals surface area contributed by atoms with E-state index >= 15 is 0 Å². The molecule has 0 aromatic carbocycles. The monoisotopic (exact) mass is 390 g/mol. The number of aliphatic hydroxyl groups is 1. The molecule has 10 N–H and O–H groups in total. The van der Waals surface area contributed by atoms with Gasteiger partial charge in [0.25, 0.3) is 10.1 Å². The number of carbonyl (C=O) groups is 2. The molecule has 0 bridgehead atoms. The van der Waals surface area contributed by atoms with Gasteiger partial charge in [-0.15, -0.1) is 0 Å². The maximum atomic E-state index is 10.2. The standard InChI is InChI=1S/C10H22O.C4H6O7S.2H3N/c1-4-7-8-9-10(11,5-2)6-3;5-3(6)1-2(4(7)8)12(9,10)11;;/h11H,4-9H2,1-3H3;2H,1H2,(H,5,6)(H,7,8)(H,9,10,11);2*1H3. The van der Waals surface area contributed by atoms with E-state index < -0.39 is 33.7 Å². The number of unbranched alkanes of at least 4 members (excludes halogenated alkanes) is 2. The number of carboxylic acid groups (broad SMARTS) is 2. The van der Waals surface area contributed by atoms with Crippen molar-refractivity contribution in [2.45, 2.75) is 76.6 Å². The molecule has 11 heteroatoms. The van der Waals surface area contributed by atoms with Crippen LogP contribution in [0.3, 0.4) is 0 Å². The van der Waals surface area contributed by atoms with Crippen molar-refractivity contribution in [3.8, 4) is 0 Å². The SMILES string of the molecule is CCCCCC(O)(CC)CC.N.N.O=C(O)CC(C(=O)O)S(=O)(=O)O. The molecule has 0 radical (unpaired) electrons. The topological polar surface area (TPSA) is 219 Å². The van der Waals surface area contributed by atoms with Gasteiger partial charge in [0.15, 0.2) is 5.25 Å². The van der Waals surface area contributed by atoms with Crippen LogP contribution < -0.4 is 12.3 Å². The minimum absolute atomic E-state index is 0. The van der Waals surface area contributed by atoms with Gasteiger partial charge in [-0.05, 0) is 19.3 Å². The third-order valence-corrected chi connectivity index (χ3v) is 4.64. The van der Waals surface area contributed by atoms with E-state index in [9.17, 15) is 23.1 Å². The molecule has 10 nitrogen and oxygen atoms in total. The lowest BCUT2D eigenvalue weighted by molar-refractivity contribution is -0.143. The number of aliphatic carboxylic acids is 2. The zero-order chi connectivity index (χ0) is 18.7. The summed E-state index contributed by atoms with van der Waals surface area (Å²) in [6.07, 6.45) is 5.28. The summed E-state index contributed by atoms with van der Waals surface area (Å²) in [5, 5.41) is 23.8. The molecule has 0 amide bonds. The lowest BCUT2D eigenvalue weighted by Crippen LogP contribution is -2.31. The largest absolute Gasteiger partial charge is 0.481 e. The van der Waals surface area contributed by atoms with Crippen LogP contribution in [-0.2, 0) is 19.7 Å². The van der Waals surface area contributed by atoms with Crippen LogP contribution in [0.1, 0.15) is 65.7 Å². The summed E-state index contributed by atoms with van der Waals surface area (Å²) in [6, 6.07) is 0. The summed E-state index contributed by atoms with van der Waals surface area (Å²) < 4.78 is 28.7. The molecule has 0 heterocycles. The third-order valence-electron chi connectivity index (χ3n) is 3.56. The van der Waals surface area contributed by atoms with Gasteiger partial charge in [0.1, 0.15) is 0 Å². The Morgan fingerprint density at radius 2 is 1.44 bits per heavy atom. The molecular weight excluding hydrogens is 356 g/mol. The maximum Gasteiger partial charge on any atom is 0.325 e. The molecule has 0 aromatic rings. The van der Waals surface area contributed by atoms with E-state index in [4.69, 9.17) is 14.8 Å². The fourth-order valence-electron chi connectivity index (χ4n) is 1.79. The molecule has 25 heavy (non-hydrogen) atoms. The molecule has 154 valence electrons. The quantitative estimate of drug-likeness (QED) is 0.236. The average molecular weight is 390 g/mol. The molecule has 1 unspecified atom stereocenters. The molecular formula is C14H34N2O8S. The third kappa shape index (κ3) is 16.0. The van der Waals surface area contributed by atoms with Crippen LogP contribution >= 0.6 is 0 Å². The van der Waals surface area contributed by atoms with Gasteiger partial charge in [-0.25, -0.2) is 0 Å². The Morgan fingerprint density at radius 3 is 1.64 bits per heavy atom. The fourth-order valence-corrected chi connectivity index (χ4v) is 2.39. The fraction of sp³-hybridized carbons (Fsp3) is 0.857. The highest BCUT2D eigenvalue weighted by molar-refractivity contribution is 7.87. The Bertz CT molecular complexity index is 463. The van der Waals surface area contributed by atoms with Gasteiger partial charge in [-0.3, -0.25) is 14.1 Å². The Hall–Kier alpha value is -1.27. The van der Waals surface area contributed by atoms with E-state index in [1.807, 2.05) is 0 Å². The van der Waals surface area contributed by atoms with Gasteiger partial charge in [-0.2, -0.15) is 8.42 Å². The summed E-state index contributed by atoms with van der Waals surface area (Å²) in [5.41, 5.74) is -0.366. The van der Waals surface area contributed by atoms with Gasteiger partial charge in [0.05, 0.1) is 12.0 Å². The van der Waals surface area contributed by atoms with Crippen molar-refractivity contribution in [2.24, 2.45) is 0 Å². The molecule has 0 aliphatic carbocycles. The van der Waals surface area contributed by atoms with Gasteiger partial charge < -0.3 is 27.6 Å². The Kier molecular flexibility index (Phi) is 18.9. The first-order valence-corrected chi connectivity index (χ1v) is 9.07. The average Bonchev–Trinajstić information content (AvgIpc) is 2.44. The minimum Gasteiger partial charge on any atom is -0.481 e. The van der Waals surface area contributed by atoms with Crippen LogP contribution in [-0.4, -0.2) is 51.1 Å². The van der Waals surface area contributed by atoms with Gasteiger partial charge in [0, 0.05) is 0 Å². The Morgan fingerprint density at radius 1 is 1.00 bits per heavy atom. The second-order valence-electron chi connectivity index (χ2n) is 5.33. The highest BCUT2D eigenvalue weighted by atomic mass is 32.2. The van der Waals surface area contributed by atoms with Crippen LogP contribution in [0.5, 0.6) is 0 Å². The molecule has 0 aliphatic heterocycles.